The van der Waals surface area contributed by atoms with E-state index in [9.17, 15) is 0 Å². The van der Waals surface area contributed by atoms with Crippen LogP contribution in [0.5, 0.6) is 5.75 Å². The van der Waals surface area contributed by atoms with Crippen LogP contribution in [0.3, 0.4) is 0 Å². The SMILES string of the molecule is COc1cncc(C2=C(CN(C)C)CCCCCC2)c1.Cl. The lowest BCUT2D eigenvalue weighted by Gasteiger charge is -2.21. The third kappa shape index (κ3) is 5.33. The van der Waals surface area contributed by atoms with Crippen LogP contribution >= 0.6 is 12.4 Å². The Hall–Kier alpha value is -1.06. The highest BCUT2D eigenvalue weighted by Crippen LogP contribution is 2.31. The van der Waals surface area contributed by atoms with Crippen LogP contribution in [-0.4, -0.2) is 37.6 Å². The Balaban J connectivity index is 0.00000220. The summed E-state index contributed by atoms with van der Waals surface area (Å²) in [5, 5.41) is 0. The molecule has 3 nitrogen and oxygen atoms in total. The second kappa shape index (κ2) is 9.06. The van der Waals surface area contributed by atoms with Crippen molar-refractivity contribution in [2.45, 2.75) is 38.5 Å². The maximum atomic E-state index is 5.32. The zero-order valence-corrected chi connectivity index (χ0v) is 14.2. The fourth-order valence-corrected chi connectivity index (χ4v) is 2.92. The standard InChI is InChI=1S/C17H26N2O.ClH/c1-19(2)13-14-8-6-4-5-7-9-17(14)15-10-16(20-3)12-18-11-15;/h10-12H,4-9,13H2,1-3H3;1H. The van der Waals surface area contributed by atoms with Crippen LogP contribution < -0.4 is 4.74 Å². The van der Waals surface area contributed by atoms with Gasteiger partial charge in [0.1, 0.15) is 5.75 Å². The third-order valence-electron chi connectivity index (χ3n) is 3.89. The molecule has 0 N–H and O–H groups in total. The van der Waals surface area contributed by atoms with Crippen LogP contribution in [0.15, 0.2) is 24.0 Å². The summed E-state index contributed by atoms with van der Waals surface area (Å²) in [6.07, 6.45) is 11.4. The molecule has 1 aliphatic carbocycles. The van der Waals surface area contributed by atoms with E-state index in [-0.39, 0.29) is 12.4 Å². The van der Waals surface area contributed by atoms with E-state index < -0.39 is 0 Å². The van der Waals surface area contributed by atoms with Crippen molar-refractivity contribution in [2.24, 2.45) is 0 Å². The lowest BCUT2D eigenvalue weighted by atomic mass is 9.89. The molecule has 0 saturated carbocycles. The predicted molar refractivity (Wildman–Crippen MR) is 91.2 cm³/mol. The van der Waals surface area contributed by atoms with Gasteiger partial charge >= 0.3 is 0 Å². The number of halogens is 1. The molecule has 4 heteroatoms. The molecule has 1 aromatic heterocycles. The largest absolute Gasteiger partial charge is 0.495 e. The number of ether oxygens (including phenoxy) is 1. The van der Waals surface area contributed by atoms with Gasteiger partial charge in [-0.25, -0.2) is 0 Å². The van der Waals surface area contributed by atoms with Gasteiger partial charge in [0.15, 0.2) is 0 Å². The van der Waals surface area contributed by atoms with E-state index >= 15 is 0 Å². The average molecular weight is 311 g/mol. The zero-order valence-electron chi connectivity index (χ0n) is 13.4. The summed E-state index contributed by atoms with van der Waals surface area (Å²) in [7, 11) is 5.99. The van der Waals surface area contributed by atoms with Crippen molar-refractivity contribution in [3.8, 4) is 5.75 Å². The molecule has 1 heterocycles. The maximum Gasteiger partial charge on any atom is 0.137 e. The van der Waals surface area contributed by atoms with Crippen LogP contribution in [0, 0.1) is 0 Å². The Labute approximate surface area is 134 Å². The summed E-state index contributed by atoms with van der Waals surface area (Å²) in [4.78, 5) is 6.59. The molecule has 0 unspecified atom stereocenters. The number of aromatic nitrogens is 1. The number of methoxy groups -OCH3 is 1. The van der Waals surface area contributed by atoms with Crippen molar-refractivity contribution < 1.29 is 4.74 Å². The molecule has 2 rings (SSSR count). The van der Waals surface area contributed by atoms with E-state index in [0.717, 1.165) is 18.7 Å². The monoisotopic (exact) mass is 310 g/mol. The molecule has 118 valence electrons. The highest BCUT2D eigenvalue weighted by atomic mass is 35.5. The Kier molecular flexibility index (Phi) is 7.76. The smallest absolute Gasteiger partial charge is 0.137 e. The molecule has 1 aromatic rings. The van der Waals surface area contributed by atoms with Crippen LogP contribution in [0.25, 0.3) is 5.57 Å². The maximum absolute atomic E-state index is 5.32. The Morgan fingerprint density at radius 1 is 1.10 bits per heavy atom. The number of allylic oxidation sites excluding steroid dienone is 1. The second-order valence-electron chi connectivity index (χ2n) is 5.85. The van der Waals surface area contributed by atoms with Crippen molar-refractivity contribution in [3.05, 3.63) is 29.6 Å². The first-order chi connectivity index (χ1) is 9.70. The summed E-state index contributed by atoms with van der Waals surface area (Å²) in [5.41, 5.74) is 4.30. The first-order valence-corrected chi connectivity index (χ1v) is 7.55. The van der Waals surface area contributed by atoms with Gasteiger partial charge in [-0.1, -0.05) is 18.4 Å². The van der Waals surface area contributed by atoms with Crippen LogP contribution in [0.2, 0.25) is 0 Å². The quantitative estimate of drug-likeness (QED) is 0.834. The number of likely N-dealkylation sites (N-methyl/N-ethyl adjacent to an activating group) is 1. The summed E-state index contributed by atoms with van der Waals surface area (Å²) in [6, 6.07) is 2.12. The van der Waals surface area contributed by atoms with E-state index in [1.807, 2.05) is 6.20 Å². The molecule has 0 radical (unpaired) electrons. The highest BCUT2D eigenvalue weighted by Gasteiger charge is 2.14. The highest BCUT2D eigenvalue weighted by molar-refractivity contribution is 5.85. The lowest BCUT2D eigenvalue weighted by molar-refractivity contribution is 0.412. The molecule has 0 aromatic carbocycles. The number of hydrogen-bond donors (Lipinski definition) is 0. The predicted octanol–water partition coefficient (Wildman–Crippen LogP) is 4.18. The van der Waals surface area contributed by atoms with Gasteiger partial charge in [0.2, 0.25) is 0 Å². The molecular formula is C17H27ClN2O. The molecule has 0 saturated heterocycles. The van der Waals surface area contributed by atoms with Gasteiger partial charge < -0.3 is 9.64 Å². The molecule has 0 atom stereocenters. The first kappa shape index (κ1) is 18.0. The van der Waals surface area contributed by atoms with E-state index in [2.05, 4.69) is 30.0 Å². The number of rotatable bonds is 4. The van der Waals surface area contributed by atoms with Gasteiger partial charge in [0.25, 0.3) is 0 Å². The molecule has 21 heavy (non-hydrogen) atoms. The third-order valence-corrected chi connectivity index (χ3v) is 3.89. The molecule has 1 aliphatic rings. The van der Waals surface area contributed by atoms with Crippen molar-refractivity contribution in [2.75, 3.05) is 27.7 Å². The minimum absolute atomic E-state index is 0. The zero-order chi connectivity index (χ0) is 14.4. The average Bonchev–Trinajstić information content (AvgIpc) is 2.42. The molecule has 0 aliphatic heterocycles. The van der Waals surface area contributed by atoms with Crippen molar-refractivity contribution in [3.63, 3.8) is 0 Å². The molecule has 0 amide bonds. The Morgan fingerprint density at radius 2 is 1.81 bits per heavy atom. The Morgan fingerprint density at radius 3 is 2.48 bits per heavy atom. The minimum Gasteiger partial charge on any atom is -0.495 e. The van der Waals surface area contributed by atoms with E-state index in [4.69, 9.17) is 4.74 Å². The Bertz CT molecular complexity index is 472. The van der Waals surface area contributed by atoms with Gasteiger partial charge in [-0.3, -0.25) is 4.98 Å². The molecule has 0 spiro atoms. The summed E-state index contributed by atoms with van der Waals surface area (Å²) >= 11 is 0. The van der Waals surface area contributed by atoms with Gasteiger partial charge in [0, 0.05) is 12.7 Å². The number of nitrogens with zero attached hydrogens (tertiary/aromatic N) is 2. The molecular weight excluding hydrogens is 284 g/mol. The van der Waals surface area contributed by atoms with Crippen LogP contribution in [-0.2, 0) is 0 Å². The first-order valence-electron chi connectivity index (χ1n) is 7.55. The van der Waals surface area contributed by atoms with Gasteiger partial charge in [-0.15, -0.1) is 12.4 Å². The van der Waals surface area contributed by atoms with E-state index in [1.54, 1.807) is 18.9 Å². The van der Waals surface area contributed by atoms with E-state index in [1.165, 1.54) is 43.2 Å². The van der Waals surface area contributed by atoms with Crippen LogP contribution in [0.1, 0.15) is 44.1 Å². The summed E-state index contributed by atoms with van der Waals surface area (Å²) < 4.78 is 5.32. The fraction of sp³-hybridized carbons (Fsp3) is 0.588. The van der Waals surface area contributed by atoms with Crippen molar-refractivity contribution in [1.29, 1.82) is 0 Å². The lowest BCUT2D eigenvalue weighted by Crippen LogP contribution is -2.17. The summed E-state index contributed by atoms with van der Waals surface area (Å²) in [5.74, 6) is 0.848. The van der Waals surface area contributed by atoms with E-state index in [0.29, 0.717) is 0 Å². The fourth-order valence-electron chi connectivity index (χ4n) is 2.92. The van der Waals surface area contributed by atoms with Crippen molar-refractivity contribution >= 4 is 18.0 Å². The summed E-state index contributed by atoms with van der Waals surface area (Å²) in [6.45, 7) is 1.05. The number of hydrogen-bond acceptors (Lipinski definition) is 3. The number of pyridine rings is 1. The van der Waals surface area contributed by atoms with Crippen LogP contribution in [0.4, 0.5) is 0 Å². The topological polar surface area (TPSA) is 25.4 Å². The van der Waals surface area contributed by atoms with Gasteiger partial charge in [0.05, 0.1) is 13.3 Å². The van der Waals surface area contributed by atoms with Gasteiger partial charge in [-0.05, 0) is 57.0 Å². The normalized spacial score (nSPS) is 16.2. The second-order valence-corrected chi connectivity index (χ2v) is 5.85. The van der Waals surface area contributed by atoms with Crippen molar-refractivity contribution in [1.82, 2.24) is 9.88 Å². The molecule has 0 fully saturated rings. The minimum atomic E-state index is 0. The van der Waals surface area contributed by atoms with Gasteiger partial charge in [-0.2, -0.15) is 0 Å². The molecule has 0 bridgehead atoms.